The van der Waals surface area contributed by atoms with Crippen LogP contribution >= 0.6 is 0 Å². The smallest absolute Gasteiger partial charge is 0.223 e. The summed E-state index contributed by atoms with van der Waals surface area (Å²) in [6.07, 6.45) is 10.6. The fourth-order valence-electron chi connectivity index (χ4n) is 2.96. The minimum atomic E-state index is 0.151. The molecule has 1 unspecified atom stereocenters. The Morgan fingerprint density at radius 2 is 1.92 bits per heavy atom. The second kappa shape index (κ2) is 8.55. The molecule has 0 radical (unpaired) electrons. The maximum Gasteiger partial charge on any atom is 0.223 e. The Labute approximate surface area is 142 Å². The molecule has 3 heterocycles. The topological polar surface area (TPSA) is 55.3 Å². The maximum atomic E-state index is 12.7. The van der Waals surface area contributed by atoms with Crippen LogP contribution < -0.4 is 0 Å². The Morgan fingerprint density at radius 1 is 1.17 bits per heavy atom. The number of ether oxygens (including phenoxy) is 1. The summed E-state index contributed by atoms with van der Waals surface area (Å²) in [7, 11) is 0. The van der Waals surface area contributed by atoms with Crippen molar-refractivity contribution in [3.8, 4) is 0 Å². The van der Waals surface area contributed by atoms with E-state index >= 15 is 0 Å². The van der Waals surface area contributed by atoms with Crippen molar-refractivity contribution < 1.29 is 9.53 Å². The minimum Gasteiger partial charge on any atom is -0.376 e. The van der Waals surface area contributed by atoms with Gasteiger partial charge in [-0.15, -0.1) is 0 Å². The summed E-state index contributed by atoms with van der Waals surface area (Å²) in [5.41, 5.74) is 2.13. The molecule has 5 heteroatoms. The first-order chi connectivity index (χ1) is 11.8. The molecular weight excluding hydrogens is 302 g/mol. The van der Waals surface area contributed by atoms with Crippen molar-refractivity contribution in [1.29, 1.82) is 0 Å². The molecule has 0 aliphatic carbocycles. The molecule has 1 aliphatic heterocycles. The second-order valence-corrected chi connectivity index (χ2v) is 6.13. The predicted octanol–water partition coefficient (Wildman–Crippen LogP) is 2.62. The van der Waals surface area contributed by atoms with Crippen LogP contribution in [-0.2, 0) is 22.5 Å². The number of hydrogen-bond acceptors (Lipinski definition) is 4. The molecule has 1 saturated heterocycles. The summed E-state index contributed by atoms with van der Waals surface area (Å²) in [5.74, 6) is 0.151. The molecule has 0 spiro atoms. The number of amides is 1. The number of hydrogen-bond donors (Lipinski definition) is 0. The van der Waals surface area contributed by atoms with Gasteiger partial charge in [0.1, 0.15) is 0 Å². The zero-order valence-corrected chi connectivity index (χ0v) is 13.8. The number of carbonyl (C=O) groups is 1. The van der Waals surface area contributed by atoms with Gasteiger partial charge in [-0.2, -0.15) is 0 Å². The van der Waals surface area contributed by atoms with Gasteiger partial charge >= 0.3 is 0 Å². The lowest BCUT2D eigenvalue weighted by atomic mass is 10.1. The first-order valence-corrected chi connectivity index (χ1v) is 8.48. The summed E-state index contributed by atoms with van der Waals surface area (Å²) >= 11 is 0. The summed E-state index contributed by atoms with van der Waals surface area (Å²) in [6.45, 7) is 2.04. The van der Waals surface area contributed by atoms with Crippen LogP contribution in [0, 0.1) is 0 Å². The molecular formula is C19H23N3O2. The van der Waals surface area contributed by atoms with Gasteiger partial charge in [-0.1, -0.05) is 12.1 Å². The maximum absolute atomic E-state index is 12.7. The molecule has 1 fully saturated rings. The summed E-state index contributed by atoms with van der Waals surface area (Å²) < 4.78 is 5.71. The van der Waals surface area contributed by atoms with Crippen LogP contribution in [-0.4, -0.2) is 40.0 Å². The highest BCUT2D eigenvalue weighted by molar-refractivity contribution is 5.76. The number of rotatable bonds is 7. The normalized spacial score (nSPS) is 16.9. The summed E-state index contributed by atoms with van der Waals surface area (Å²) in [4.78, 5) is 22.9. The number of pyridine rings is 2. The molecule has 0 aromatic carbocycles. The van der Waals surface area contributed by atoms with E-state index in [0.29, 0.717) is 25.9 Å². The lowest BCUT2D eigenvalue weighted by molar-refractivity contribution is -0.133. The Morgan fingerprint density at radius 3 is 2.54 bits per heavy atom. The van der Waals surface area contributed by atoms with Crippen LogP contribution in [0.15, 0.2) is 49.1 Å². The predicted molar refractivity (Wildman–Crippen MR) is 91.2 cm³/mol. The van der Waals surface area contributed by atoms with Gasteiger partial charge in [0.2, 0.25) is 5.91 Å². The molecule has 1 atom stereocenters. The van der Waals surface area contributed by atoms with Crippen molar-refractivity contribution >= 4 is 5.91 Å². The molecule has 0 N–H and O–H groups in total. The van der Waals surface area contributed by atoms with Gasteiger partial charge in [0.05, 0.1) is 6.10 Å². The molecule has 1 aliphatic rings. The molecule has 3 rings (SSSR count). The van der Waals surface area contributed by atoms with Gasteiger partial charge in [0.25, 0.3) is 0 Å². The fraction of sp³-hybridized carbons (Fsp3) is 0.421. The summed E-state index contributed by atoms with van der Waals surface area (Å²) in [5, 5.41) is 0. The number of aryl methyl sites for hydroxylation is 1. The average Bonchev–Trinajstić information content (AvgIpc) is 3.14. The lowest BCUT2D eigenvalue weighted by Gasteiger charge is -2.25. The van der Waals surface area contributed by atoms with E-state index in [1.807, 2.05) is 41.6 Å². The van der Waals surface area contributed by atoms with Crippen LogP contribution in [0.1, 0.15) is 30.4 Å². The number of nitrogens with zero attached hydrogens (tertiary/aromatic N) is 3. The monoisotopic (exact) mass is 325 g/mol. The van der Waals surface area contributed by atoms with E-state index in [4.69, 9.17) is 4.74 Å². The van der Waals surface area contributed by atoms with E-state index in [0.717, 1.165) is 30.6 Å². The van der Waals surface area contributed by atoms with Crippen molar-refractivity contribution in [2.75, 3.05) is 13.2 Å². The van der Waals surface area contributed by atoms with Crippen molar-refractivity contribution in [1.82, 2.24) is 14.9 Å². The third-order valence-electron chi connectivity index (χ3n) is 4.25. The zero-order chi connectivity index (χ0) is 16.6. The molecule has 2 aromatic heterocycles. The highest BCUT2D eigenvalue weighted by Crippen LogP contribution is 2.16. The molecule has 0 saturated carbocycles. The standard InChI is InChI=1S/C19H23N3O2/c23-19(8-7-16-4-1-9-20-12-16)22(15-18-6-3-11-24-18)14-17-5-2-10-21-13-17/h1-2,4-5,9-10,12-13,18H,3,6-8,11,14-15H2. The van der Waals surface area contributed by atoms with Gasteiger partial charge in [0, 0.05) is 50.9 Å². The van der Waals surface area contributed by atoms with Gasteiger partial charge in [-0.3, -0.25) is 14.8 Å². The third kappa shape index (κ3) is 4.86. The number of aromatic nitrogens is 2. The van der Waals surface area contributed by atoms with Crippen molar-refractivity contribution in [2.45, 2.75) is 38.3 Å². The first kappa shape index (κ1) is 16.6. The van der Waals surface area contributed by atoms with Crippen LogP contribution in [0.2, 0.25) is 0 Å². The summed E-state index contributed by atoms with van der Waals surface area (Å²) in [6, 6.07) is 7.81. The van der Waals surface area contributed by atoms with E-state index in [1.165, 1.54) is 0 Å². The van der Waals surface area contributed by atoms with E-state index in [1.54, 1.807) is 12.4 Å². The fourth-order valence-corrected chi connectivity index (χ4v) is 2.96. The highest BCUT2D eigenvalue weighted by Gasteiger charge is 2.22. The number of carbonyl (C=O) groups excluding carboxylic acids is 1. The third-order valence-corrected chi connectivity index (χ3v) is 4.25. The quantitative estimate of drug-likeness (QED) is 0.785. The molecule has 5 nitrogen and oxygen atoms in total. The van der Waals surface area contributed by atoms with E-state index < -0.39 is 0 Å². The Hall–Kier alpha value is -2.27. The SMILES string of the molecule is O=C(CCc1cccnc1)N(Cc1cccnc1)CC1CCCO1. The largest absolute Gasteiger partial charge is 0.376 e. The van der Waals surface area contributed by atoms with E-state index in [9.17, 15) is 4.79 Å². The molecule has 0 bridgehead atoms. The van der Waals surface area contributed by atoms with Gasteiger partial charge in [0.15, 0.2) is 0 Å². The Kier molecular flexibility index (Phi) is 5.90. The Bertz CT molecular complexity index is 628. The van der Waals surface area contributed by atoms with Gasteiger partial charge in [-0.05, 0) is 42.5 Å². The van der Waals surface area contributed by atoms with Crippen molar-refractivity contribution in [2.24, 2.45) is 0 Å². The van der Waals surface area contributed by atoms with Gasteiger partial charge in [-0.25, -0.2) is 0 Å². The van der Waals surface area contributed by atoms with E-state index in [-0.39, 0.29) is 12.0 Å². The molecule has 2 aromatic rings. The van der Waals surface area contributed by atoms with Gasteiger partial charge < -0.3 is 9.64 Å². The minimum absolute atomic E-state index is 0.151. The van der Waals surface area contributed by atoms with Crippen LogP contribution in [0.4, 0.5) is 0 Å². The van der Waals surface area contributed by atoms with Crippen molar-refractivity contribution in [3.05, 3.63) is 60.2 Å². The zero-order valence-electron chi connectivity index (χ0n) is 13.8. The van der Waals surface area contributed by atoms with Crippen molar-refractivity contribution in [3.63, 3.8) is 0 Å². The molecule has 126 valence electrons. The van der Waals surface area contributed by atoms with Crippen LogP contribution in [0.25, 0.3) is 0 Å². The first-order valence-electron chi connectivity index (χ1n) is 8.48. The van der Waals surface area contributed by atoms with Crippen LogP contribution in [0.5, 0.6) is 0 Å². The molecule has 24 heavy (non-hydrogen) atoms. The van der Waals surface area contributed by atoms with Crippen LogP contribution in [0.3, 0.4) is 0 Å². The highest BCUT2D eigenvalue weighted by atomic mass is 16.5. The molecule has 1 amide bonds. The lowest BCUT2D eigenvalue weighted by Crippen LogP contribution is -2.37. The second-order valence-electron chi connectivity index (χ2n) is 6.13. The Balaban J connectivity index is 1.62. The van der Waals surface area contributed by atoms with E-state index in [2.05, 4.69) is 9.97 Å². The average molecular weight is 325 g/mol.